The molecule has 5 aromatic carbocycles. The number of hydrogen-bond donors (Lipinski definition) is 0. The van der Waals surface area contributed by atoms with E-state index in [0.717, 1.165) is 83.7 Å². The fourth-order valence-corrected chi connectivity index (χ4v) is 7.66. The van der Waals surface area contributed by atoms with Gasteiger partial charge in [-0.3, -0.25) is 8.97 Å². The zero-order valence-corrected chi connectivity index (χ0v) is 29.7. The molecule has 0 saturated heterocycles. The molecule has 6 nitrogen and oxygen atoms in total. The number of hydrogen-bond acceptors (Lipinski definition) is 4. The van der Waals surface area contributed by atoms with Crippen molar-refractivity contribution in [1.29, 1.82) is 0 Å². The Morgan fingerprint density at radius 3 is 1.98 bits per heavy atom. The van der Waals surface area contributed by atoms with Crippen molar-refractivity contribution in [2.24, 2.45) is 0 Å². The Kier molecular flexibility index (Phi) is 6.95. The van der Waals surface area contributed by atoms with Crippen molar-refractivity contribution < 1.29 is 4.74 Å². The maximum atomic E-state index is 6.74. The molecule has 5 heterocycles. The van der Waals surface area contributed by atoms with Gasteiger partial charge in [-0.15, -0.1) is 0 Å². The summed E-state index contributed by atoms with van der Waals surface area (Å²) in [4.78, 5) is 15.2. The van der Waals surface area contributed by atoms with E-state index in [-0.39, 0.29) is 5.41 Å². The molecule has 0 atom stereocenters. The van der Waals surface area contributed by atoms with E-state index in [1.54, 1.807) is 0 Å². The maximum Gasteiger partial charge on any atom is 0.147 e. The van der Waals surface area contributed by atoms with Gasteiger partial charge in [-0.2, -0.15) is 0 Å². The molecule has 0 aliphatic heterocycles. The SMILES string of the molecule is CC(C)(C)c1ccnc(-n2c3ccccc3c3ccc(Oc4ccc5c6cccnc6n6c(-c7ccccc7)c(-c7ccccc7)nc6c5c4)cc32)c1. The largest absolute Gasteiger partial charge is 0.457 e. The van der Waals surface area contributed by atoms with Crippen LogP contribution in [0.1, 0.15) is 26.3 Å². The molecule has 0 aliphatic rings. The smallest absolute Gasteiger partial charge is 0.147 e. The highest BCUT2D eigenvalue weighted by Crippen LogP contribution is 2.41. The topological polar surface area (TPSA) is 57.2 Å². The third kappa shape index (κ3) is 5.06. The summed E-state index contributed by atoms with van der Waals surface area (Å²) in [5, 5.41) is 5.42. The average Bonchev–Trinajstić information content (AvgIpc) is 3.75. The van der Waals surface area contributed by atoms with E-state index in [4.69, 9.17) is 19.7 Å². The molecule has 0 unspecified atom stereocenters. The van der Waals surface area contributed by atoms with Gasteiger partial charge >= 0.3 is 0 Å². The first-order valence-electron chi connectivity index (χ1n) is 17.9. The van der Waals surface area contributed by atoms with Gasteiger partial charge in [0.1, 0.15) is 28.6 Å². The summed E-state index contributed by atoms with van der Waals surface area (Å²) >= 11 is 0. The number of aromatic nitrogens is 5. The van der Waals surface area contributed by atoms with Crippen molar-refractivity contribution in [2.45, 2.75) is 26.2 Å². The highest BCUT2D eigenvalue weighted by molar-refractivity contribution is 6.13. The number of fused-ring (bicyclic) bond motifs is 9. The minimum absolute atomic E-state index is 0.00776. The molecule has 0 N–H and O–H groups in total. The molecule has 53 heavy (non-hydrogen) atoms. The third-order valence-corrected chi connectivity index (χ3v) is 10.2. The molecule has 10 rings (SSSR count). The van der Waals surface area contributed by atoms with Crippen LogP contribution in [0.5, 0.6) is 11.5 Å². The summed E-state index contributed by atoms with van der Waals surface area (Å²) < 4.78 is 11.2. The summed E-state index contributed by atoms with van der Waals surface area (Å²) in [6.45, 7) is 6.69. The van der Waals surface area contributed by atoms with E-state index in [1.807, 2.05) is 36.7 Å². The number of nitrogens with zero attached hydrogens (tertiary/aromatic N) is 5. The van der Waals surface area contributed by atoms with Gasteiger partial charge in [-0.25, -0.2) is 15.0 Å². The second-order valence-electron chi connectivity index (χ2n) is 14.6. The maximum absolute atomic E-state index is 6.74. The Morgan fingerprint density at radius 1 is 0.509 bits per heavy atom. The molecule has 0 spiro atoms. The number of pyridine rings is 3. The number of rotatable bonds is 5. The molecule has 0 saturated carbocycles. The predicted octanol–water partition coefficient (Wildman–Crippen LogP) is 12.0. The minimum atomic E-state index is -0.00776. The molecule has 0 bridgehead atoms. The Morgan fingerprint density at radius 2 is 1.19 bits per heavy atom. The van der Waals surface area contributed by atoms with Gasteiger partial charge in [-0.1, -0.05) is 99.6 Å². The van der Waals surface area contributed by atoms with E-state index < -0.39 is 0 Å². The van der Waals surface area contributed by atoms with Gasteiger partial charge in [0, 0.05) is 51.1 Å². The van der Waals surface area contributed by atoms with Crippen molar-refractivity contribution in [3.63, 3.8) is 0 Å². The monoisotopic (exact) mass is 685 g/mol. The van der Waals surface area contributed by atoms with Crippen LogP contribution in [0.2, 0.25) is 0 Å². The van der Waals surface area contributed by atoms with Crippen molar-refractivity contribution in [2.75, 3.05) is 0 Å². The molecule has 0 fully saturated rings. The molecule has 254 valence electrons. The van der Waals surface area contributed by atoms with Gasteiger partial charge in [0.25, 0.3) is 0 Å². The number of ether oxygens (including phenoxy) is 1. The first kappa shape index (κ1) is 31.0. The van der Waals surface area contributed by atoms with Crippen LogP contribution in [0.4, 0.5) is 0 Å². The first-order valence-corrected chi connectivity index (χ1v) is 17.9. The van der Waals surface area contributed by atoms with Gasteiger partial charge in [0.15, 0.2) is 0 Å². The van der Waals surface area contributed by atoms with E-state index in [1.165, 1.54) is 10.9 Å². The molecule has 0 amide bonds. The van der Waals surface area contributed by atoms with Crippen molar-refractivity contribution in [3.8, 4) is 39.8 Å². The second kappa shape index (κ2) is 11.9. The minimum Gasteiger partial charge on any atom is -0.457 e. The highest BCUT2D eigenvalue weighted by atomic mass is 16.5. The lowest BCUT2D eigenvalue weighted by Crippen LogP contribution is -2.12. The first-order chi connectivity index (χ1) is 25.9. The Balaban J connectivity index is 1.17. The van der Waals surface area contributed by atoms with Crippen LogP contribution < -0.4 is 4.74 Å². The normalized spacial score (nSPS) is 12.1. The van der Waals surface area contributed by atoms with Crippen molar-refractivity contribution in [3.05, 3.63) is 164 Å². The Bertz CT molecular complexity index is 3010. The zero-order chi connectivity index (χ0) is 35.7. The summed E-state index contributed by atoms with van der Waals surface area (Å²) in [6, 6.07) is 50.4. The highest BCUT2D eigenvalue weighted by Gasteiger charge is 2.22. The molecule has 6 heteroatoms. The standard InChI is InChI=1S/C47H35N5O/c1-47(2,3)32-24-26-48-42(27-32)51-40-19-11-10-17-36(40)37-23-21-34(29-41(37)51)53-33-20-22-35-38-18-12-25-49-45(38)52-44(31-15-8-5-9-16-31)43(30-13-6-4-7-14-30)50-46(52)39(35)28-33/h4-29H,1-3H3. The lowest BCUT2D eigenvalue weighted by atomic mass is 9.88. The van der Waals surface area contributed by atoms with Gasteiger partial charge < -0.3 is 4.74 Å². The van der Waals surface area contributed by atoms with E-state index in [9.17, 15) is 0 Å². The van der Waals surface area contributed by atoms with Crippen LogP contribution in [0.15, 0.2) is 158 Å². The third-order valence-electron chi connectivity index (χ3n) is 10.2. The molecule has 5 aromatic heterocycles. The summed E-state index contributed by atoms with van der Waals surface area (Å²) in [5.41, 5.74) is 9.09. The van der Waals surface area contributed by atoms with Crippen LogP contribution in [0, 0.1) is 0 Å². The number of benzene rings is 5. The lowest BCUT2D eigenvalue weighted by molar-refractivity contribution is 0.484. The second-order valence-corrected chi connectivity index (χ2v) is 14.6. The zero-order valence-electron chi connectivity index (χ0n) is 29.7. The molecule has 0 aliphatic carbocycles. The summed E-state index contributed by atoms with van der Waals surface area (Å²) in [6.07, 6.45) is 3.76. The quantitative estimate of drug-likeness (QED) is 0.169. The summed E-state index contributed by atoms with van der Waals surface area (Å²) in [7, 11) is 0. The molecular weight excluding hydrogens is 651 g/mol. The number of imidazole rings is 1. The molecule has 10 aromatic rings. The van der Waals surface area contributed by atoms with Gasteiger partial charge in [0.2, 0.25) is 0 Å². The predicted molar refractivity (Wildman–Crippen MR) is 216 cm³/mol. The van der Waals surface area contributed by atoms with E-state index in [0.29, 0.717) is 0 Å². The Hall–Kier alpha value is -6.79. The van der Waals surface area contributed by atoms with Crippen LogP contribution in [-0.4, -0.2) is 23.9 Å². The average molecular weight is 686 g/mol. The summed E-state index contributed by atoms with van der Waals surface area (Å²) in [5.74, 6) is 2.35. The molecular formula is C47H35N5O. The van der Waals surface area contributed by atoms with Crippen molar-refractivity contribution >= 4 is 49.3 Å². The Labute approximate surface area is 306 Å². The van der Waals surface area contributed by atoms with Crippen LogP contribution in [-0.2, 0) is 5.41 Å². The lowest BCUT2D eigenvalue weighted by Gasteiger charge is -2.20. The van der Waals surface area contributed by atoms with Crippen LogP contribution in [0.25, 0.3) is 77.6 Å². The fourth-order valence-electron chi connectivity index (χ4n) is 7.66. The number of para-hydroxylation sites is 1. The van der Waals surface area contributed by atoms with Gasteiger partial charge in [0.05, 0.1) is 22.4 Å². The molecule has 0 radical (unpaired) electrons. The van der Waals surface area contributed by atoms with Crippen LogP contribution >= 0.6 is 0 Å². The van der Waals surface area contributed by atoms with E-state index in [2.05, 4.69) is 151 Å². The van der Waals surface area contributed by atoms with Gasteiger partial charge in [-0.05, 0) is 77.0 Å². The van der Waals surface area contributed by atoms with Crippen molar-refractivity contribution in [1.82, 2.24) is 23.9 Å². The van der Waals surface area contributed by atoms with Crippen LogP contribution in [0.3, 0.4) is 0 Å². The van der Waals surface area contributed by atoms with E-state index >= 15 is 0 Å². The fraction of sp³-hybridized carbons (Fsp3) is 0.0851.